The Morgan fingerprint density at radius 1 is 1.40 bits per heavy atom. The van der Waals surface area contributed by atoms with Crippen LogP contribution in [0.3, 0.4) is 0 Å². The fraction of sp³-hybridized carbons (Fsp3) is 0.533. The fourth-order valence-corrected chi connectivity index (χ4v) is 2.94. The Labute approximate surface area is 124 Å². The summed E-state index contributed by atoms with van der Waals surface area (Å²) in [5, 5.41) is 11.8. The van der Waals surface area contributed by atoms with E-state index in [1.807, 2.05) is 42.3 Å². The Kier molecular flexibility index (Phi) is 4.96. The van der Waals surface area contributed by atoms with Gasteiger partial charge in [0, 0.05) is 43.7 Å². The van der Waals surface area contributed by atoms with Crippen molar-refractivity contribution >= 4 is 23.3 Å². The molecule has 2 heterocycles. The van der Waals surface area contributed by atoms with Gasteiger partial charge in [-0.15, -0.1) is 11.3 Å². The van der Waals surface area contributed by atoms with Crippen LogP contribution in [0.4, 0.5) is 0 Å². The number of rotatable bonds is 4. The van der Waals surface area contributed by atoms with Gasteiger partial charge in [-0.1, -0.05) is 6.07 Å². The van der Waals surface area contributed by atoms with Crippen LogP contribution in [0.15, 0.2) is 23.6 Å². The molecular formula is C15H22N2O2S. The van der Waals surface area contributed by atoms with Crippen molar-refractivity contribution in [2.75, 3.05) is 32.7 Å². The van der Waals surface area contributed by atoms with Crippen LogP contribution in [0.25, 0.3) is 6.08 Å². The molecule has 1 aliphatic rings. The van der Waals surface area contributed by atoms with Gasteiger partial charge in [0.25, 0.3) is 0 Å². The quantitative estimate of drug-likeness (QED) is 0.859. The second kappa shape index (κ2) is 6.52. The van der Waals surface area contributed by atoms with Crippen LogP contribution in [0.5, 0.6) is 0 Å². The molecule has 1 aromatic rings. The Morgan fingerprint density at radius 2 is 2.10 bits per heavy atom. The molecule has 0 aromatic carbocycles. The second-order valence-corrected chi connectivity index (χ2v) is 6.74. The average Bonchev–Trinajstić information content (AvgIpc) is 2.88. The normalized spacial score (nSPS) is 17.9. The molecule has 0 atom stereocenters. The lowest BCUT2D eigenvalue weighted by atomic mass is 10.1. The standard InChI is InChI=1S/C15H22N2O2S/c1-15(2,19)12-16-7-9-17(10-8-16)14(18)6-5-13-4-3-11-20-13/h3-6,11,19H,7-10,12H2,1-2H3. The van der Waals surface area contributed by atoms with Gasteiger partial charge in [-0.3, -0.25) is 9.69 Å². The minimum absolute atomic E-state index is 0.0707. The van der Waals surface area contributed by atoms with E-state index in [4.69, 9.17) is 0 Å². The molecule has 1 amide bonds. The number of carbonyl (C=O) groups is 1. The number of piperazine rings is 1. The summed E-state index contributed by atoms with van der Waals surface area (Å²) in [5.41, 5.74) is -0.675. The Hall–Kier alpha value is -1.17. The number of hydrogen-bond acceptors (Lipinski definition) is 4. The molecule has 1 saturated heterocycles. The highest BCUT2D eigenvalue weighted by Crippen LogP contribution is 2.12. The predicted octanol–water partition coefficient (Wildman–Crippen LogP) is 1.68. The van der Waals surface area contributed by atoms with Gasteiger partial charge >= 0.3 is 0 Å². The van der Waals surface area contributed by atoms with Crippen molar-refractivity contribution in [3.63, 3.8) is 0 Å². The predicted molar refractivity (Wildman–Crippen MR) is 82.7 cm³/mol. The molecule has 0 bridgehead atoms. The molecule has 0 radical (unpaired) electrons. The first-order valence-corrected chi connectivity index (χ1v) is 7.77. The molecular weight excluding hydrogens is 272 g/mol. The molecule has 5 heteroatoms. The van der Waals surface area contributed by atoms with Gasteiger partial charge in [-0.25, -0.2) is 0 Å². The Bertz CT molecular complexity index is 455. The zero-order valence-corrected chi connectivity index (χ0v) is 12.9. The number of amides is 1. The third kappa shape index (κ3) is 4.74. The van der Waals surface area contributed by atoms with Crippen molar-refractivity contribution in [2.45, 2.75) is 19.4 Å². The smallest absolute Gasteiger partial charge is 0.246 e. The number of β-amino-alcohol motifs (C(OH)–C–C–N with tert-alkyl or cyclic N) is 1. The molecule has 0 aliphatic carbocycles. The van der Waals surface area contributed by atoms with Gasteiger partial charge < -0.3 is 10.0 Å². The van der Waals surface area contributed by atoms with E-state index in [-0.39, 0.29) is 5.91 Å². The van der Waals surface area contributed by atoms with Gasteiger partial charge in [0.2, 0.25) is 5.91 Å². The first-order valence-electron chi connectivity index (χ1n) is 6.89. The van der Waals surface area contributed by atoms with Crippen molar-refractivity contribution in [3.8, 4) is 0 Å². The minimum Gasteiger partial charge on any atom is -0.389 e. The molecule has 1 N–H and O–H groups in total. The summed E-state index contributed by atoms with van der Waals surface area (Å²) >= 11 is 1.62. The van der Waals surface area contributed by atoms with E-state index in [0.29, 0.717) is 6.54 Å². The van der Waals surface area contributed by atoms with Crippen molar-refractivity contribution < 1.29 is 9.90 Å². The topological polar surface area (TPSA) is 43.8 Å². The highest BCUT2D eigenvalue weighted by atomic mass is 32.1. The van der Waals surface area contributed by atoms with E-state index < -0.39 is 5.60 Å². The van der Waals surface area contributed by atoms with Gasteiger partial charge in [-0.2, -0.15) is 0 Å². The van der Waals surface area contributed by atoms with E-state index in [9.17, 15) is 9.90 Å². The molecule has 1 fully saturated rings. The van der Waals surface area contributed by atoms with Gasteiger partial charge in [0.15, 0.2) is 0 Å². The zero-order chi connectivity index (χ0) is 14.6. The maximum absolute atomic E-state index is 12.1. The van der Waals surface area contributed by atoms with Gasteiger partial charge in [0.1, 0.15) is 0 Å². The van der Waals surface area contributed by atoms with E-state index in [2.05, 4.69) is 4.90 Å². The van der Waals surface area contributed by atoms with Crippen LogP contribution in [-0.2, 0) is 4.79 Å². The second-order valence-electron chi connectivity index (χ2n) is 5.76. The molecule has 110 valence electrons. The lowest BCUT2D eigenvalue weighted by molar-refractivity contribution is -0.128. The third-order valence-corrected chi connectivity index (χ3v) is 4.07. The Morgan fingerprint density at radius 3 is 2.65 bits per heavy atom. The summed E-state index contributed by atoms with van der Waals surface area (Å²) in [6, 6.07) is 3.97. The average molecular weight is 294 g/mol. The van der Waals surface area contributed by atoms with Crippen LogP contribution in [0.1, 0.15) is 18.7 Å². The van der Waals surface area contributed by atoms with Crippen LogP contribution >= 0.6 is 11.3 Å². The molecule has 20 heavy (non-hydrogen) atoms. The molecule has 0 spiro atoms. The number of nitrogens with zero attached hydrogens (tertiary/aromatic N) is 2. The van der Waals surface area contributed by atoms with Gasteiger partial charge in [-0.05, 0) is 31.4 Å². The maximum Gasteiger partial charge on any atom is 0.246 e. The van der Waals surface area contributed by atoms with Gasteiger partial charge in [0.05, 0.1) is 5.60 Å². The highest BCUT2D eigenvalue weighted by Gasteiger charge is 2.23. The van der Waals surface area contributed by atoms with Crippen molar-refractivity contribution in [2.24, 2.45) is 0 Å². The van der Waals surface area contributed by atoms with Crippen LogP contribution in [0.2, 0.25) is 0 Å². The summed E-state index contributed by atoms with van der Waals surface area (Å²) in [6.07, 6.45) is 3.52. The lowest BCUT2D eigenvalue weighted by Gasteiger charge is -2.36. The monoisotopic (exact) mass is 294 g/mol. The lowest BCUT2D eigenvalue weighted by Crippen LogP contribution is -2.51. The summed E-state index contributed by atoms with van der Waals surface area (Å²) in [5.74, 6) is 0.0707. The summed E-state index contributed by atoms with van der Waals surface area (Å²) in [6.45, 7) is 7.38. The summed E-state index contributed by atoms with van der Waals surface area (Å²) in [4.78, 5) is 17.2. The molecule has 1 aliphatic heterocycles. The largest absolute Gasteiger partial charge is 0.389 e. The zero-order valence-electron chi connectivity index (χ0n) is 12.1. The Balaban J connectivity index is 1.80. The molecule has 4 nitrogen and oxygen atoms in total. The van der Waals surface area contributed by atoms with E-state index in [1.165, 1.54) is 0 Å². The third-order valence-electron chi connectivity index (χ3n) is 3.23. The van der Waals surface area contributed by atoms with Crippen LogP contribution in [0, 0.1) is 0 Å². The first-order chi connectivity index (χ1) is 9.44. The molecule has 1 aromatic heterocycles. The fourth-order valence-electron chi connectivity index (χ4n) is 2.32. The van der Waals surface area contributed by atoms with E-state index in [0.717, 1.165) is 31.1 Å². The number of aliphatic hydroxyl groups is 1. The molecule has 2 rings (SSSR count). The first kappa shape index (κ1) is 15.2. The number of carbonyl (C=O) groups excluding carboxylic acids is 1. The van der Waals surface area contributed by atoms with Crippen molar-refractivity contribution in [1.29, 1.82) is 0 Å². The summed E-state index contributed by atoms with van der Waals surface area (Å²) < 4.78 is 0. The van der Waals surface area contributed by atoms with Crippen LogP contribution < -0.4 is 0 Å². The SMILES string of the molecule is CC(C)(O)CN1CCN(C(=O)C=Cc2cccs2)CC1. The van der Waals surface area contributed by atoms with Crippen molar-refractivity contribution in [3.05, 3.63) is 28.5 Å². The van der Waals surface area contributed by atoms with Crippen molar-refractivity contribution in [1.82, 2.24) is 9.80 Å². The number of hydrogen-bond donors (Lipinski definition) is 1. The number of thiophene rings is 1. The summed E-state index contributed by atoms with van der Waals surface area (Å²) in [7, 11) is 0. The highest BCUT2D eigenvalue weighted by molar-refractivity contribution is 7.10. The molecule has 0 unspecified atom stereocenters. The molecule has 0 saturated carbocycles. The van der Waals surface area contributed by atoms with Crippen LogP contribution in [-0.4, -0.2) is 59.1 Å². The minimum atomic E-state index is -0.675. The maximum atomic E-state index is 12.1. The van der Waals surface area contributed by atoms with E-state index >= 15 is 0 Å². The van der Waals surface area contributed by atoms with E-state index in [1.54, 1.807) is 17.4 Å².